The largest absolute Gasteiger partial charge is 0.325 e. The minimum Gasteiger partial charge on any atom is -0.325 e. The van der Waals surface area contributed by atoms with E-state index in [4.69, 9.17) is 0 Å². The Morgan fingerprint density at radius 1 is 1.03 bits per heavy atom. The fourth-order valence-electron chi connectivity index (χ4n) is 2.24. The summed E-state index contributed by atoms with van der Waals surface area (Å²) in [5, 5.41) is 2.86. The molecule has 0 saturated carbocycles. The molecule has 3 rings (SSSR count). The molecule has 1 heterocycles. The Morgan fingerprint density at radius 3 is 2.21 bits per heavy atom. The molecule has 0 radical (unpaired) electrons. The third-order valence-electron chi connectivity index (χ3n) is 3.62. The van der Waals surface area contributed by atoms with Gasteiger partial charge in [-0.1, -0.05) is 43.6 Å². The van der Waals surface area contributed by atoms with E-state index in [1.807, 2.05) is 0 Å². The molecule has 2 N–H and O–H groups in total. The lowest BCUT2D eigenvalue weighted by Crippen LogP contribution is -2.20. The molecular formula is C18H13Br2N3O4S2. The standard InChI is InChI=1S/C18H13Br2N3O4S2/c19-11-1-5-13(6-2-11)22-16(24)10-28-18-21-9-15(17(25)23-18)29(26,27)14-7-3-12(20)4-8-14/h1-9H,10H2,(H,22,24)(H,21,23,25). The second-order valence-corrected chi connectivity index (χ2v) is 10.4. The topological polar surface area (TPSA) is 109 Å². The van der Waals surface area contributed by atoms with Crippen LogP contribution in [-0.4, -0.2) is 30.0 Å². The Balaban J connectivity index is 1.69. The summed E-state index contributed by atoms with van der Waals surface area (Å²) in [6.45, 7) is 0. The SMILES string of the molecule is O=C(CSc1ncc(S(=O)(=O)c2ccc(Br)cc2)c(=O)[nH]1)Nc1ccc(Br)cc1. The number of H-pyrrole nitrogens is 1. The van der Waals surface area contributed by atoms with Crippen LogP contribution in [-0.2, 0) is 14.6 Å². The third kappa shape index (κ3) is 5.56. The number of hydrogen-bond donors (Lipinski definition) is 2. The van der Waals surface area contributed by atoms with Gasteiger partial charge in [0.05, 0.1) is 16.8 Å². The lowest BCUT2D eigenvalue weighted by atomic mass is 10.3. The van der Waals surface area contributed by atoms with Crippen molar-refractivity contribution < 1.29 is 13.2 Å². The van der Waals surface area contributed by atoms with Crippen LogP contribution in [0.1, 0.15) is 0 Å². The maximum Gasteiger partial charge on any atom is 0.270 e. The number of hydrogen-bond acceptors (Lipinski definition) is 6. The van der Waals surface area contributed by atoms with Gasteiger partial charge in [0.15, 0.2) is 10.1 Å². The van der Waals surface area contributed by atoms with Gasteiger partial charge < -0.3 is 10.3 Å². The van der Waals surface area contributed by atoms with Crippen molar-refractivity contribution in [1.82, 2.24) is 9.97 Å². The smallest absolute Gasteiger partial charge is 0.270 e. The average molecular weight is 559 g/mol. The Morgan fingerprint density at radius 2 is 1.62 bits per heavy atom. The quantitative estimate of drug-likeness (QED) is 0.351. The second-order valence-electron chi connectivity index (χ2n) is 5.68. The first kappa shape index (κ1) is 21.8. The molecule has 1 amide bonds. The number of nitrogens with one attached hydrogen (secondary N) is 2. The van der Waals surface area contributed by atoms with Gasteiger partial charge in [-0.2, -0.15) is 0 Å². The molecule has 7 nitrogen and oxygen atoms in total. The van der Waals surface area contributed by atoms with Gasteiger partial charge >= 0.3 is 0 Å². The number of halogens is 2. The summed E-state index contributed by atoms with van der Waals surface area (Å²) in [4.78, 5) is 30.2. The molecule has 0 aliphatic heterocycles. The Hall–Kier alpha value is -1.95. The second kappa shape index (κ2) is 9.24. The van der Waals surface area contributed by atoms with Crippen molar-refractivity contribution in [1.29, 1.82) is 0 Å². The van der Waals surface area contributed by atoms with E-state index in [-0.39, 0.29) is 21.7 Å². The van der Waals surface area contributed by atoms with Gasteiger partial charge in [0.25, 0.3) is 5.56 Å². The molecule has 0 aliphatic rings. The molecule has 3 aromatic rings. The Kier molecular flexibility index (Phi) is 6.93. The van der Waals surface area contributed by atoms with Gasteiger partial charge in [-0.25, -0.2) is 13.4 Å². The summed E-state index contributed by atoms with van der Waals surface area (Å²) in [5.74, 6) is -0.288. The molecule has 11 heteroatoms. The van der Waals surface area contributed by atoms with E-state index in [0.717, 1.165) is 26.9 Å². The van der Waals surface area contributed by atoms with Crippen molar-refractivity contribution in [3.05, 3.63) is 74.0 Å². The molecule has 1 aromatic heterocycles. The highest BCUT2D eigenvalue weighted by Gasteiger charge is 2.22. The Labute approximate surface area is 187 Å². The van der Waals surface area contributed by atoms with Gasteiger partial charge in [0.1, 0.15) is 0 Å². The van der Waals surface area contributed by atoms with Gasteiger partial charge in [-0.3, -0.25) is 9.59 Å². The molecule has 0 saturated heterocycles. The van der Waals surface area contributed by atoms with Crippen molar-refractivity contribution >= 4 is 65.1 Å². The van der Waals surface area contributed by atoms with Crippen molar-refractivity contribution in [2.45, 2.75) is 14.9 Å². The first-order chi connectivity index (χ1) is 13.8. The molecule has 0 aliphatic carbocycles. The molecule has 0 spiro atoms. The van der Waals surface area contributed by atoms with Gasteiger partial charge in [0.2, 0.25) is 15.7 Å². The summed E-state index contributed by atoms with van der Waals surface area (Å²) < 4.78 is 26.9. The maximum absolute atomic E-state index is 12.6. The highest BCUT2D eigenvalue weighted by Crippen LogP contribution is 2.21. The number of benzene rings is 2. The predicted octanol–water partition coefficient (Wildman–Crippen LogP) is 3.86. The molecule has 0 fully saturated rings. The van der Waals surface area contributed by atoms with E-state index in [1.165, 1.54) is 12.1 Å². The van der Waals surface area contributed by atoms with Crippen LogP contribution in [0, 0.1) is 0 Å². The lowest BCUT2D eigenvalue weighted by molar-refractivity contribution is -0.113. The molecular weight excluding hydrogens is 546 g/mol. The first-order valence-electron chi connectivity index (χ1n) is 8.04. The van der Waals surface area contributed by atoms with Gasteiger partial charge in [-0.15, -0.1) is 0 Å². The monoisotopic (exact) mass is 557 g/mol. The number of amides is 1. The van der Waals surface area contributed by atoms with Crippen molar-refractivity contribution in [2.75, 3.05) is 11.1 Å². The van der Waals surface area contributed by atoms with Crippen LogP contribution in [0.25, 0.3) is 0 Å². The van der Waals surface area contributed by atoms with Gasteiger partial charge in [-0.05, 0) is 48.5 Å². The Bertz CT molecular complexity index is 1200. The number of carbonyl (C=O) groups excluding carboxylic acids is 1. The molecule has 0 unspecified atom stereocenters. The number of thioether (sulfide) groups is 1. The van der Waals surface area contributed by atoms with Crippen LogP contribution in [0.15, 0.2) is 83.4 Å². The number of nitrogens with zero attached hydrogens (tertiary/aromatic N) is 1. The highest BCUT2D eigenvalue weighted by atomic mass is 79.9. The fourth-order valence-corrected chi connectivity index (χ4v) is 4.63. The maximum atomic E-state index is 12.6. The summed E-state index contributed by atoms with van der Waals surface area (Å²) >= 11 is 7.54. The molecule has 29 heavy (non-hydrogen) atoms. The third-order valence-corrected chi connectivity index (χ3v) is 7.33. The molecule has 150 valence electrons. The summed E-state index contributed by atoms with van der Waals surface area (Å²) in [6, 6.07) is 13.0. The van der Waals surface area contributed by atoms with Crippen molar-refractivity contribution in [3.8, 4) is 0 Å². The van der Waals surface area contributed by atoms with E-state index in [1.54, 1.807) is 36.4 Å². The number of carbonyl (C=O) groups is 1. The molecule has 0 bridgehead atoms. The highest BCUT2D eigenvalue weighted by molar-refractivity contribution is 9.10. The number of aromatic amines is 1. The normalized spacial score (nSPS) is 11.2. The van der Waals surface area contributed by atoms with E-state index < -0.39 is 20.3 Å². The molecule has 2 aromatic carbocycles. The number of aromatic nitrogens is 2. The van der Waals surface area contributed by atoms with Crippen LogP contribution in [0.2, 0.25) is 0 Å². The molecule has 0 atom stereocenters. The van der Waals surface area contributed by atoms with Crippen LogP contribution in [0.3, 0.4) is 0 Å². The lowest BCUT2D eigenvalue weighted by Gasteiger charge is -2.06. The minimum absolute atomic E-state index is 0.00217. The van der Waals surface area contributed by atoms with E-state index >= 15 is 0 Å². The summed E-state index contributed by atoms with van der Waals surface area (Å²) in [5.41, 5.74) is -0.157. The number of sulfone groups is 1. The van der Waals surface area contributed by atoms with E-state index in [9.17, 15) is 18.0 Å². The number of anilines is 1. The van der Waals surface area contributed by atoms with E-state index in [0.29, 0.717) is 5.69 Å². The fraction of sp³-hybridized carbons (Fsp3) is 0.0556. The summed E-state index contributed by atoms with van der Waals surface area (Å²) in [7, 11) is -4.00. The number of rotatable bonds is 6. The van der Waals surface area contributed by atoms with Crippen LogP contribution in [0.4, 0.5) is 5.69 Å². The van der Waals surface area contributed by atoms with E-state index in [2.05, 4.69) is 47.1 Å². The van der Waals surface area contributed by atoms with Crippen LogP contribution >= 0.6 is 43.6 Å². The van der Waals surface area contributed by atoms with Crippen molar-refractivity contribution in [3.63, 3.8) is 0 Å². The zero-order valence-corrected chi connectivity index (χ0v) is 19.4. The van der Waals surface area contributed by atoms with Gasteiger partial charge in [0, 0.05) is 14.6 Å². The average Bonchev–Trinajstić information content (AvgIpc) is 2.68. The predicted molar refractivity (Wildman–Crippen MR) is 118 cm³/mol. The van der Waals surface area contributed by atoms with Crippen LogP contribution < -0.4 is 10.9 Å². The summed E-state index contributed by atoms with van der Waals surface area (Å²) in [6.07, 6.45) is 1.01. The zero-order valence-electron chi connectivity index (χ0n) is 14.6. The van der Waals surface area contributed by atoms with Crippen LogP contribution in [0.5, 0.6) is 0 Å². The first-order valence-corrected chi connectivity index (χ1v) is 12.1. The zero-order chi connectivity index (χ0) is 21.0. The van der Waals surface area contributed by atoms with Crippen molar-refractivity contribution in [2.24, 2.45) is 0 Å². The minimum atomic E-state index is -4.00.